The van der Waals surface area contributed by atoms with Crippen LogP contribution in [-0.4, -0.2) is 54.0 Å². The predicted molar refractivity (Wildman–Crippen MR) is 106 cm³/mol. The summed E-state index contributed by atoms with van der Waals surface area (Å²) in [5.41, 5.74) is 8.27. The summed E-state index contributed by atoms with van der Waals surface area (Å²) in [6, 6.07) is 18.0. The fraction of sp³-hybridized carbons (Fsp3) is 0.381. The molecule has 3 atom stereocenters. The molecular formula is C21H29N3O3. The topological polar surface area (TPSA) is 108 Å². The fourth-order valence-electron chi connectivity index (χ4n) is 2.93. The quantitative estimate of drug-likeness (QED) is 0.389. The zero-order valence-corrected chi connectivity index (χ0v) is 15.4. The molecule has 0 aromatic heterocycles. The molecule has 6 heteroatoms. The van der Waals surface area contributed by atoms with E-state index in [2.05, 4.69) is 10.6 Å². The highest BCUT2D eigenvalue weighted by molar-refractivity contribution is 5.82. The van der Waals surface area contributed by atoms with E-state index in [1.165, 1.54) is 0 Å². The molecule has 0 heterocycles. The van der Waals surface area contributed by atoms with E-state index >= 15 is 0 Å². The van der Waals surface area contributed by atoms with Crippen molar-refractivity contribution in [3.63, 3.8) is 0 Å². The van der Waals surface area contributed by atoms with E-state index in [0.29, 0.717) is 19.4 Å². The molecule has 1 amide bonds. The lowest BCUT2D eigenvalue weighted by Crippen LogP contribution is -2.58. The number of aliphatic hydroxyl groups is 2. The van der Waals surface area contributed by atoms with Gasteiger partial charge in [-0.3, -0.25) is 4.79 Å². The highest BCUT2D eigenvalue weighted by Crippen LogP contribution is 2.08. The third-order valence-corrected chi connectivity index (χ3v) is 4.41. The van der Waals surface area contributed by atoms with Crippen LogP contribution in [0.1, 0.15) is 11.1 Å². The Morgan fingerprint density at radius 3 is 2.15 bits per heavy atom. The summed E-state index contributed by atoms with van der Waals surface area (Å²) >= 11 is 0. The summed E-state index contributed by atoms with van der Waals surface area (Å²) in [4.78, 5) is 12.6. The van der Waals surface area contributed by atoms with E-state index in [1.807, 2.05) is 60.7 Å². The van der Waals surface area contributed by atoms with E-state index in [9.17, 15) is 9.90 Å². The van der Waals surface area contributed by atoms with E-state index in [1.54, 1.807) is 0 Å². The fourth-order valence-corrected chi connectivity index (χ4v) is 2.93. The van der Waals surface area contributed by atoms with Crippen LogP contribution >= 0.6 is 0 Å². The first kappa shape index (κ1) is 21.1. The van der Waals surface area contributed by atoms with E-state index in [0.717, 1.165) is 11.1 Å². The smallest absolute Gasteiger partial charge is 0.239 e. The molecule has 0 radical (unpaired) electrons. The molecule has 27 heavy (non-hydrogen) atoms. The molecule has 3 unspecified atom stereocenters. The van der Waals surface area contributed by atoms with Gasteiger partial charge in [-0.05, 0) is 24.0 Å². The number of nitrogens with two attached hydrogens (primary N) is 1. The van der Waals surface area contributed by atoms with Gasteiger partial charge in [0.25, 0.3) is 0 Å². The molecular weight excluding hydrogens is 342 g/mol. The van der Waals surface area contributed by atoms with Crippen molar-refractivity contribution in [2.24, 2.45) is 5.73 Å². The number of benzene rings is 2. The van der Waals surface area contributed by atoms with Gasteiger partial charge in [-0.1, -0.05) is 60.7 Å². The Kier molecular flexibility index (Phi) is 8.94. The summed E-state index contributed by atoms with van der Waals surface area (Å²) in [6.45, 7) is 0.529. The van der Waals surface area contributed by atoms with Crippen molar-refractivity contribution in [3.8, 4) is 0 Å². The van der Waals surface area contributed by atoms with Crippen LogP contribution in [0.15, 0.2) is 60.7 Å². The minimum absolute atomic E-state index is 0.131. The van der Waals surface area contributed by atoms with Gasteiger partial charge in [0.2, 0.25) is 5.91 Å². The van der Waals surface area contributed by atoms with Crippen molar-refractivity contribution in [3.05, 3.63) is 71.8 Å². The van der Waals surface area contributed by atoms with Crippen LogP contribution in [0.2, 0.25) is 0 Å². The van der Waals surface area contributed by atoms with E-state index in [4.69, 9.17) is 10.8 Å². The molecule has 0 aliphatic rings. The van der Waals surface area contributed by atoms with Crippen molar-refractivity contribution >= 4 is 5.91 Å². The molecule has 2 aromatic carbocycles. The second kappa shape index (κ2) is 11.5. The van der Waals surface area contributed by atoms with Gasteiger partial charge in [0.1, 0.15) is 6.04 Å². The largest absolute Gasteiger partial charge is 0.395 e. The maximum absolute atomic E-state index is 12.6. The van der Waals surface area contributed by atoms with Gasteiger partial charge in [0, 0.05) is 19.1 Å². The number of carbonyl (C=O) groups is 1. The molecule has 0 spiro atoms. The molecule has 0 fully saturated rings. The van der Waals surface area contributed by atoms with Gasteiger partial charge in [0.05, 0.1) is 12.7 Å². The van der Waals surface area contributed by atoms with Crippen molar-refractivity contribution < 1.29 is 15.0 Å². The molecule has 0 bridgehead atoms. The number of hydrogen-bond acceptors (Lipinski definition) is 5. The summed E-state index contributed by atoms with van der Waals surface area (Å²) < 4.78 is 0. The zero-order chi connectivity index (χ0) is 19.5. The van der Waals surface area contributed by atoms with Crippen LogP contribution in [0.4, 0.5) is 0 Å². The highest BCUT2D eigenvalue weighted by atomic mass is 16.3. The maximum atomic E-state index is 12.6. The Morgan fingerprint density at radius 1 is 0.963 bits per heavy atom. The molecule has 0 aliphatic heterocycles. The lowest BCUT2D eigenvalue weighted by molar-refractivity contribution is -0.126. The normalized spacial score (nSPS) is 14.3. The van der Waals surface area contributed by atoms with E-state index in [-0.39, 0.29) is 19.1 Å². The third kappa shape index (κ3) is 7.11. The Hall–Kier alpha value is -2.25. The summed E-state index contributed by atoms with van der Waals surface area (Å²) in [7, 11) is 0. The number of aliphatic hydroxyl groups excluding tert-OH is 2. The van der Waals surface area contributed by atoms with Gasteiger partial charge in [-0.15, -0.1) is 0 Å². The van der Waals surface area contributed by atoms with Crippen LogP contribution in [-0.2, 0) is 17.6 Å². The highest BCUT2D eigenvalue weighted by Gasteiger charge is 2.30. The van der Waals surface area contributed by atoms with Gasteiger partial charge in [-0.2, -0.15) is 0 Å². The average Bonchev–Trinajstić information content (AvgIpc) is 2.69. The first-order chi connectivity index (χ1) is 13.1. The Labute approximate surface area is 160 Å². The first-order valence-electron chi connectivity index (χ1n) is 9.25. The van der Waals surface area contributed by atoms with Crippen LogP contribution in [0, 0.1) is 0 Å². The number of hydrogen-bond donors (Lipinski definition) is 5. The van der Waals surface area contributed by atoms with Crippen molar-refractivity contribution in [2.45, 2.75) is 31.0 Å². The molecule has 146 valence electrons. The Balaban J connectivity index is 1.92. The molecule has 6 N–H and O–H groups in total. The van der Waals surface area contributed by atoms with Crippen molar-refractivity contribution in [2.75, 3.05) is 19.7 Å². The lowest BCUT2D eigenvalue weighted by atomic mass is 9.96. The Bertz CT molecular complexity index is 667. The van der Waals surface area contributed by atoms with Crippen LogP contribution in [0.3, 0.4) is 0 Å². The average molecular weight is 371 g/mol. The molecule has 2 aromatic rings. The van der Waals surface area contributed by atoms with E-state index < -0.39 is 18.2 Å². The number of carbonyl (C=O) groups excluding carboxylic acids is 1. The molecule has 0 aliphatic carbocycles. The zero-order valence-electron chi connectivity index (χ0n) is 15.4. The maximum Gasteiger partial charge on any atom is 0.239 e. The van der Waals surface area contributed by atoms with Crippen molar-refractivity contribution in [1.82, 2.24) is 10.6 Å². The first-order valence-corrected chi connectivity index (χ1v) is 9.25. The summed E-state index contributed by atoms with van der Waals surface area (Å²) in [6.07, 6.45) is 0.0794. The summed E-state index contributed by atoms with van der Waals surface area (Å²) in [5, 5.41) is 25.4. The number of nitrogens with one attached hydrogen (secondary N) is 2. The molecule has 0 saturated carbocycles. The minimum Gasteiger partial charge on any atom is -0.395 e. The predicted octanol–water partition coefficient (Wildman–Crippen LogP) is 0.227. The number of rotatable bonds is 11. The molecule has 0 saturated heterocycles. The monoisotopic (exact) mass is 371 g/mol. The molecule has 6 nitrogen and oxygen atoms in total. The second-order valence-electron chi connectivity index (χ2n) is 6.53. The molecule has 2 rings (SSSR count). The standard InChI is InChI=1S/C21H29N3O3/c22-18(15-17-9-5-2-6-10-17)20(26)19(23-13-14-25)21(27)24-12-11-16-7-3-1-4-8-16/h1-10,18-20,23,25-26H,11-15,22H2,(H,24,27). The lowest BCUT2D eigenvalue weighted by Gasteiger charge is -2.27. The number of amides is 1. The van der Waals surface area contributed by atoms with Crippen LogP contribution in [0.5, 0.6) is 0 Å². The summed E-state index contributed by atoms with van der Waals surface area (Å²) in [5.74, 6) is -0.324. The second-order valence-corrected chi connectivity index (χ2v) is 6.53. The minimum atomic E-state index is -1.08. The van der Waals surface area contributed by atoms with Gasteiger partial charge >= 0.3 is 0 Å². The SMILES string of the molecule is NC(Cc1ccccc1)C(O)C(NCCO)C(=O)NCCc1ccccc1. The third-order valence-electron chi connectivity index (χ3n) is 4.41. The van der Waals surface area contributed by atoms with Gasteiger partial charge < -0.3 is 26.6 Å². The van der Waals surface area contributed by atoms with Gasteiger partial charge in [-0.25, -0.2) is 0 Å². The van der Waals surface area contributed by atoms with Crippen molar-refractivity contribution in [1.29, 1.82) is 0 Å². The van der Waals surface area contributed by atoms with Crippen LogP contribution < -0.4 is 16.4 Å². The van der Waals surface area contributed by atoms with Gasteiger partial charge in [0.15, 0.2) is 0 Å². The van der Waals surface area contributed by atoms with Crippen LogP contribution in [0.25, 0.3) is 0 Å². The Morgan fingerprint density at radius 2 is 1.56 bits per heavy atom.